The summed E-state index contributed by atoms with van der Waals surface area (Å²) in [6.07, 6.45) is 5.40. The molecule has 0 bridgehead atoms. The summed E-state index contributed by atoms with van der Waals surface area (Å²) in [5, 5.41) is 15.3. The highest BCUT2D eigenvalue weighted by molar-refractivity contribution is 6.05. The number of anilines is 1. The maximum atomic E-state index is 13.5. The molecule has 0 atom stereocenters. The smallest absolute Gasteiger partial charge is 0.282 e. The predicted molar refractivity (Wildman–Crippen MR) is 147 cm³/mol. The lowest BCUT2D eigenvalue weighted by molar-refractivity contribution is -0.113. The predicted octanol–water partition coefficient (Wildman–Crippen LogP) is 4.06. The molecule has 6 rings (SSSR count). The van der Waals surface area contributed by atoms with Crippen LogP contribution in [0, 0.1) is 11.3 Å². The number of halogens is 2. The van der Waals surface area contributed by atoms with Gasteiger partial charge in [0.25, 0.3) is 23.3 Å². The molecule has 210 valence electrons. The van der Waals surface area contributed by atoms with Crippen LogP contribution in [0.25, 0.3) is 11.1 Å². The van der Waals surface area contributed by atoms with Gasteiger partial charge < -0.3 is 20.1 Å². The number of benzene rings is 1. The van der Waals surface area contributed by atoms with E-state index in [-0.39, 0.29) is 40.0 Å². The van der Waals surface area contributed by atoms with Crippen molar-refractivity contribution in [3.05, 3.63) is 80.9 Å². The number of alkyl halides is 2. The van der Waals surface area contributed by atoms with Gasteiger partial charge in [-0.2, -0.15) is 5.26 Å². The van der Waals surface area contributed by atoms with E-state index in [0.717, 1.165) is 41.8 Å². The maximum absolute atomic E-state index is 13.5. The van der Waals surface area contributed by atoms with Crippen LogP contribution in [0.15, 0.2) is 47.4 Å². The molecule has 0 unspecified atom stereocenters. The highest BCUT2D eigenvalue weighted by Crippen LogP contribution is 2.42. The molecule has 3 heterocycles. The molecule has 3 aliphatic rings. The van der Waals surface area contributed by atoms with Gasteiger partial charge >= 0.3 is 0 Å². The summed E-state index contributed by atoms with van der Waals surface area (Å²) in [5.41, 5.74) is 2.51. The van der Waals surface area contributed by atoms with Gasteiger partial charge in [0.15, 0.2) is 0 Å². The van der Waals surface area contributed by atoms with Crippen molar-refractivity contribution in [1.82, 2.24) is 19.8 Å². The highest BCUT2D eigenvalue weighted by Gasteiger charge is 2.46. The van der Waals surface area contributed by atoms with Gasteiger partial charge in [0.1, 0.15) is 11.4 Å². The van der Waals surface area contributed by atoms with Crippen molar-refractivity contribution in [3.8, 4) is 17.2 Å². The molecular formula is C30H28F2N6O3. The normalized spacial score (nSPS) is 17.5. The Morgan fingerprint density at radius 1 is 1.10 bits per heavy atom. The van der Waals surface area contributed by atoms with Crippen LogP contribution in [-0.2, 0) is 6.54 Å². The van der Waals surface area contributed by atoms with Gasteiger partial charge in [-0.15, -0.1) is 0 Å². The van der Waals surface area contributed by atoms with Crippen molar-refractivity contribution in [2.45, 2.75) is 50.1 Å². The molecule has 41 heavy (non-hydrogen) atoms. The van der Waals surface area contributed by atoms with E-state index in [9.17, 15) is 28.4 Å². The fourth-order valence-electron chi connectivity index (χ4n) is 5.16. The lowest BCUT2D eigenvalue weighted by Gasteiger charge is -2.39. The fraction of sp³-hybridized carbons (Fsp3) is 0.367. The Morgan fingerprint density at radius 2 is 1.85 bits per heavy atom. The van der Waals surface area contributed by atoms with Crippen LogP contribution in [0.3, 0.4) is 0 Å². The molecule has 0 radical (unpaired) electrons. The van der Waals surface area contributed by atoms with Gasteiger partial charge in [0, 0.05) is 36.0 Å². The molecule has 2 aliphatic carbocycles. The summed E-state index contributed by atoms with van der Waals surface area (Å²) >= 11 is 0. The number of hydrogen-bond donors (Lipinski definition) is 2. The van der Waals surface area contributed by atoms with Crippen LogP contribution in [0.2, 0.25) is 0 Å². The third-order valence-electron chi connectivity index (χ3n) is 7.57. The van der Waals surface area contributed by atoms with Gasteiger partial charge in [-0.05, 0) is 79.8 Å². The number of amides is 2. The molecule has 1 aliphatic heterocycles. The quantitative estimate of drug-likeness (QED) is 0.430. The average molecular weight is 559 g/mol. The summed E-state index contributed by atoms with van der Waals surface area (Å²) in [6, 6.07) is 11.7. The summed E-state index contributed by atoms with van der Waals surface area (Å²) < 4.78 is 28.7. The first-order valence-corrected chi connectivity index (χ1v) is 13.6. The topological polar surface area (TPSA) is 120 Å². The number of rotatable bonds is 8. The van der Waals surface area contributed by atoms with E-state index in [2.05, 4.69) is 15.6 Å². The second-order valence-electron chi connectivity index (χ2n) is 11.0. The Bertz CT molecular complexity index is 1660. The number of likely N-dealkylation sites (tertiary alicyclic amines) is 1. The Morgan fingerprint density at radius 3 is 2.49 bits per heavy atom. The number of nitrogens with zero attached hydrogens (tertiary/aromatic N) is 4. The number of nitrogens with one attached hydrogen (secondary N) is 2. The third-order valence-corrected chi connectivity index (χ3v) is 7.57. The SMILES string of the molecule is CNCc1cc(C(=O)Nc2cc(-c3ccc(C#N)cc3C(=O)N3CC(F)(F)C3)cc(C3CC3)n2)c(=O)n(C2CC2)c1. The Labute approximate surface area is 234 Å². The average Bonchev–Trinajstić information content (AvgIpc) is 3.85. The van der Waals surface area contributed by atoms with E-state index in [0.29, 0.717) is 17.7 Å². The molecule has 11 heteroatoms. The zero-order valence-electron chi connectivity index (χ0n) is 22.4. The van der Waals surface area contributed by atoms with E-state index in [1.807, 2.05) is 12.1 Å². The summed E-state index contributed by atoms with van der Waals surface area (Å²) in [5.74, 6) is -3.72. The Hall–Kier alpha value is -4.43. The number of carbonyl (C=O) groups excluding carboxylic acids is 2. The standard InChI is InChI=1S/C30H28F2N6O3/c1-34-13-18-9-24(29(41)38(14-18)21-5-6-21)27(39)36-26-11-20(10-25(35-26)19-3-4-19)22-7-2-17(12-33)8-23(22)28(40)37-15-30(31,32)16-37/h2,7-11,14,19,21,34H,3-6,13,15-16H2,1H3,(H,35,36,39). The van der Waals surface area contributed by atoms with E-state index < -0.39 is 30.8 Å². The molecular weight excluding hydrogens is 530 g/mol. The molecule has 2 amide bonds. The van der Waals surface area contributed by atoms with Crippen LogP contribution < -0.4 is 16.2 Å². The second-order valence-corrected chi connectivity index (χ2v) is 11.0. The molecule has 9 nitrogen and oxygen atoms in total. The fourth-order valence-corrected chi connectivity index (χ4v) is 5.16. The van der Waals surface area contributed by atoms with Gasteiger partial charge in [0.2, 0.25) is 0 Å². The minimum atomic E-state index is -2.93. The molecule has 2 aromatic heterocycles. The van der Waals surface area contributed by atoms with Crippen LogP contribution in [0.1, 0.15) is 75.2 Å². The zero-order chi connectivity index (χ0) is 28.9. The molecule has 3 aromatic rings. The van der Waals surface area contributed by atoms with Gasteiger partial charge in [-0.1, -0.05) is 6.07 Å². The van der Waals surface area contributed by atoms with E-state index in [1.54, 1.807) is 42.1 Å². The van der Waals surface area contributed by atoms with Gasteiger partial charge in [-0.25, -0.2) is 13.8 Å². The lowest BCUT2D eigenvalue weighted by atomic mass is 9.95. The van der Waals surface area contributed by atoms with Crippen LogP contribution in [0.5, 0.6) is 0 Å². The lowest BCUT2D eigenvalue weighted by Crippen LogP contribution is -2.58. The molecule has 1 saturated heterocycles. The molecule has 3 fully saturated rings. The molecule has 0 spiro atoms. The van der Waals surface area contributed by atoms with Gasteiger partial charge in [-0.3, -0.25) is 14.4 Å². The van der Waals surface area contributed by atoms with E-state index in [1.165, 1.54) is 6.07 Å². The van der Waals surface area contributed by atoms with Gasteiger partial charge in [0.05, 0.1) is 24.7 Å². The van der Waals surface area contributed by atoms with Crippen molar-refractivity contribution < 1.29 is 18.4 Å². The molecule has 2 saturated carbocycles. The number of nitriles is 1. The maximum Gasteiger partial charge on any atom is 0.282 e. The van der Waals surface area contributed by atoms with E-state index >= 15 is 0 Å². The van der Waals surface area contributed by atoms with Crippen LogP contribution in [0.4, 0.5) is 14.6 Å². The second kappa shape index (κ2) is 10.2. The first kappa shape index (κ1) is 26.8. The molecule has 2 N–H and O–H groups in total. The Kier molecular flexibility index (Phi) is 6.66. The van der Waals surface area contributed by atoms with Crippen molar-refractivity contribution in [3.63, 3.8) is 0 Å². The summed E-state index contributed by atoms with van der Waals surface area (Å²) in [6.45, 7) is -0.874. The largest absolute Gasteiger partial charge is 0.326 e. The van der Waals surface area contributed by atoms with Crippen LogP contribution in [-0.4, -0.2) is 52.3 Å². The third kappa shape index (κ3) is 5.47. The summed E-state index contributed by atoms with van der Waals surface area (Å²) in [4.78, 5) is 45.5. The van der Waals surface area contributed by atoms with Crippen molar-refractivity contribution in [1.29, 1.82) is 5.26 Å². The Balaban J connectivity index is 1.37. The number of aromatic nitrogens is 2. The first-order chi connectivity index (χ1) is 19.7. The van der Waals surface area contributed by atoms with Crippen LogP contribution >= 0.6 is 0 Å². The number of carbonyl (C=O) groups is 2. The highest BCUT2D eigenvalue weighted by atomic mass is 19.3. The van der Waals surface area contributed by atoms with E-state index in [4.69, 9.17) is 0 Å². The minimum absolute atomic E-state index is 0.0118. The first-order valence-electron chi connectivity index (χ1n) is 13.6. The van der Waals surface area contributed by atoms with Crippen molar-refractivity contribution in [2.75, 3.05) is 25.5 Å². The number of hydrogen-bond acceptors (Lipinski definition) is 6. The zero-order valence-corrected chi connectivity index (χ0v) is 22.4. The minimum Gasteiger partial charge on any atom is -0.326 e. The summed E-state index contributed by atoms with van der Waals surface area (Å²) in [7, 11) is 1.79. The molecule has 1 aromatic carbocycles. The van der Waals surface area contributed by atoms with Crippen molar-refractivity contribution >= 4 is 17.6 Å². The number of pyridine rings is 2. The monoisotopic (exact) mass is 558 g/mol. The van der Waals surface area contributed by atoms with Crippen molar-refractivity contribution in [2.24, 2.45) is 0 Å².